The number of carbonyl (C=O) groups excluding carboxylic acids is 1. The Hall–Kier alpha value is -1.35. The van der Waals surface area contributed by atoms with E-state index in [-0.39, 0.29) is 10.8 Å². The highest BCUT2D eigenvalue weighted by atomic mass is 35.5. The summed E-state index contributed by atoms with van der Waals surface area (Å²) in [7, 11) is 0. The third-order valence-corrected chi connectivity index (χ3v) is 2.38. The van der Waals surface area contributed by atoms with Gasteiger partial charge < -0.3 is 4.98 Å². The van der Waals surface area contributed by atoms with Crippen LogP contribution in [-0.4, -0.2) is 10.8 Å². The molecule has 0 amide bonds. The van der Waals surface area contributed by atoms with Crippen molar-refractivity contribution in [2.24, 2.45) is 0 Å². The normalized spacial score (nSPS) is 10.8. The number of aromatic amines is 1. The fourth-order valence-corrected chi connectivity index (χ4v) is 1.71. The zero-order valence-electron chi connectivity index (χ0n) is 7.40. The summed E-state index contributed by atoms with van der Waals surface area (Å²) in [6, 6.07) is 2.51. The number of rotatable bonds is 1. The van der Waals surface area contributed by atoms with E-state index in [1.165, 1.54) is 19.1 Å². The van der Waals surface area contributed by atoms with Gasteiger partial charge in [0.25, 0.3) is 0 Å². The van der Waals surface area contributed by atoms with E-state index in [0.29, 0.717) is 16.5 Å². The first-order valence-corrected chi connectivity index (χ1v) is 4.44. The van der Waals surface area contributed by atoms with Crippen molar-refractivity contribution in [1.29, 1.82) is 0 Å². The molecule has 1 heterocycles. The van der Waals surface area contributed by atoms with Crippen LogP contribution in [0.25, 0.3) is 10.9 Å². The SMILES string of the molecule is CC(=O)c1c[nH]c2c(Cl)cc(F)cc12. The second-order valence-corrected chi connectivity index (χ2v) is 3.48. The van der Waals surface area contributed by atoms with Crippen LogP contribution in [0.1, 0.15) is 17.3 Å². The van der Waals surface area contributed by atoms with Crippen LogP contribution in [0.15, 0.2) is 18.3 Å². The van der Waals surface area contributed by atoms with E-state index in [9.17, 15) is 9.18 Å². The molecular formula is C10H7ClFNO. The second kappa shape index (κ2) is 3.10. The highest BCUT2D eigenvalue weighted by Crippen LogP contribution is 2.26. The smallest absolute Gasteiger partial charge is 0.161 e. The minimum absolute atomic E-state index is 0.113. The zero-order chi connectivity index (χ0) is 10.3. The average molecular weight is 212 g/mol. The molecule has 4 heteroatoms. The summed E-state index contributed by atoms with van der Waals surface area (Å²) in [5.74, 6) is -0.553. The van der Waals surface area contributed by atoms with E-state index in [1.54, 1.807) is 6.20 Å². The highest BCUT2D eigenvalue weighted by molar-refractivity contribution is 6.35. The summed E-state index contributed by atoms with van der Waals surface area (Å²) in [5.41, 5.74) is 1.06. The van der Waals surface area contributed by atoms with Crippen LogP contribution in [0.5, 0.6) is 0 Å². The van der Waals surface area contributed by atoms with Gasteiger partial charge in [-0.15, -0.1) is 0 Å². The number of H-pyrrole nitrogens is 1. The number of ketones is 1. The fourth-order valence-electron chi connectivity index (χ4n) is 1.45. The van der Waals surface area contributed by atoms with Crippen LogP contribution in [0.4, 0.5) is 4.39 Å². The van der Waals surface area contributed by atoms with Gasteiger partial charge >= 0.3 is 0 Å². The van der Waals surface area contributed by atoms with Gasteiger partial charge in [0, 0.05) is 17.1 Å². The van der Waals surface area contributed by atoms with Gasteiger partial charge in [-0.3, -0.25) is 4.79 Å². The number of carbonyl (C=O) groups is 1. The predicted octanol–water partition coefficient (Wildman–Crippen LogP) is 3.16. The Kier molecular flexibility index (Phi) is 2.04. The molecule has 0 aliphatic carbocycles. The van der Waals surface area contributed by atoms with E-state index in [1.807, 2.05) is 0 Å². The first kappa shape index (κ1) is 9.21. The highest BCUT2D eigenvalue weighted by Gasteiger charge is 2.11. The maximum Gasteiger partial charge on any atom is 0.161 e. The fraction of sp³-hybridized carbons (Fsp3) is 0.100. The Bertz CT molecular complexity index is 518. The van der Waals surface area contributed by atoms with E-state index >= 15 is 0 Å². The lowest BCUT2D eigenvalue weighted by Crippen LogP contribution is -1.89. The van der Waals surface area contributed by atoms with Crippen LogP contribution in [0, 0.1) is 5.82 Å². The van der Waals surface area contributed by atoms with Crippen molar-refractivity contribution in [2.45, 2.75) is 6.92 Å². The van der Waals surface area contributed by atoms with Gasteiger partial charge in [-0.25, -0.2) is 4.39 Å². The van der Waals surface area contributed by atoms with Crippen LogP contribution in [0.3, 0.4) is 0 Å². The van der Waals surface area contributed by atoms with Crippen molar-refractivity contribution in [2.75, 3.05) is 0 Å². The summed E-state index contributed by atoms with van der Waals surface area (Å²) >= 11 is 5.80. The van der Waals surface area contributed by atoms with Crippen molar-refractivity contribution >= 4 is 28.3 Å². The summed E-state index contributed by atoms with van der Waals surface area (Å²) in [6.07, 6.45) is 1.54. The van der Waals surface area contributed by atoms with Crippen LogP contribution in [-0.2, 0) is 0 Å². The number of halogens is 2. The van der Waals surface area contributed by atoms with Crippen LogP contribution >= 0.6 is 11.6 Å². The van der Waals surface area contributed by atoms with Gasteiger partial charge in [-0.1, -0.05) is 11.6 Å². The molecule has 0 atom stereocenters. The lowest BCUT2D eigenvalue weighted by molar-refractivity contribution is 0.101. The van der Waals surface area contributed by atoms with Crippen molar-refractivity contribution in [3.05, 3.63) is 34.7 Å². The molecule has 0 saturated heterocycles. The third kappa shape index (κ3) is 1.30. The monoisotopic (exact) mass is 211 g/mol. The number of hydrogen-bond acceptors (Lipinski definition) is 1. The second-order valence-electron chi connectivity index (χ2n) is 3.07. The third-order valence-electron chi connectivity index (χ3n) is 2.09. The molecule has 2 aromatic rings. The number of aromatic nitrogens is 1. The molecule has 0 radical (unpaired) electrons. The predicted molar refractivity (Wildman–Crippen MR) is 53.3 cm³/mol. The first-order chi connectivity index (χ1) is 6.59. The molecular weight excluding hydrogens is 205 g/mol. The Morgan fingerprint density at radius 3 is 2.86 bits per heavy atom. The van der Waals surface area contributed by atoms with Crippen molar-refractivity contribution in [3.63, 3.8) is 0 Å². The maximum absolute atomic E-state index is 13.0. The molecule has 1 N–H and O–H groups in total. The number of benzene rings is 1. The molecule has 0 aliphatic heterocycles. The van der Waals surface area contributed by atoms with Crippen LogP contribution < -0.4 is 0 Å². The van der Waals surface area contributed by atoms with E-state index in [0.717, 1.165) is 0 Å². The molecule has 0 fully saturated rings. The van der Waals surface area contributed by atoms with Gasteiger partial charge in [0.05, 0.1) is 10.5 Å². The van der Waals surface area contributed by atoms with Gasteiger partial charge in [0.1, 0.15) is 5.82 Å². The van der Waals surface area contributed by atoms with E-state index < -0.39 is 5.82 Å². The number of Topliss-reactive ketones (excluding diaryl/α,β-unsaturated/α-hetero) is 1. The molecule has 72 valence electrons. The van der Waals surface area contributed by atoms with E-state index in [2.05, 4.69) is 4.98 Å². The van der Waals surface area contributed by atoms with Gasteiger partial charge in [0.2, 0.25) is 0 Å². The average Bonchev–Trinajstić information content (AvgIpc) is 2.47. The van der Waals surface area contributed by atoms with Crippen molar-refractivity contribution in [1.82, 2.24) is 4.98 Å². The first-order valence-electron chi connectivity index (χ1n) is 4.06. The summed E-state index contributed by atoms with van der Waals surface area (Å²) in [5, 5.41) is 0.815. The lowest BCUT2D eigenvalue weighted by atomic mass is 10.1. The molecule has 0 bridgehead atoms. The van der Waals surface area contributed by atoms with Crippen molar-refractivity contribution in [3.8, 4) is 0 Å². The quantitative estimate of drug-likeness (QED) is 0.722. The molecule has 1 aromatic carbocycles. The molecule has 0 spiro atoms. The number of fused-ring (bicyclic) bond motifs is 1. The molecule has 0 saturated carbocycles. The minimum Gasteiger partial charge on any atom is -0.359 e. The number of hydrogen-bond donors (Lipinski definition) is 1. The number of nitrogens with one attached hydrogen (secondary N) is 1. The van der Waals surface area contributed by atoms with Crippen LogP contribution in [0.2, 0.25) is 5.02 Å². The molecule has 2 rings (SSSR count). The Morgan fingerprint density at radius 1 is 1.50 bits per heavy atom. The molecule has 1 aromatic heterocycles. The minimum atomic E-state index is -0.440. The Morgan fingerprint density at radius 2 is 2.21 bits per heavy atom. The summed E-state index contributed by atoms with van der Waals surface area (Å²) < 4.78 is 13.0. The maximum atomic E-state index is 13.0. The molecule has 2 nitrogen and oxygen atoms in total. The molecule has 0 aliphatic rings. The zero-order valence-corrected chi connectivity index (χ0v) is 8.15. The lowest BCUT2D eigenvalue weighted by Gasteiger charge is -1.96. The summed E-state index contributed by atoms with van der Waals surface area (Å²) in [6.45, 7) is 1.43. The van der Waals surface area contributed by atoms with Crippen molar-refractivity contribution < 1.29 is 9.18 Å². The Labute approximate surface area is 84.7 Å². The Balaban J connectivity index is 2.85. The molecule has 14 heavy (non-hydrogen) atoms. The molecule has 0 unspecified atom stereocenters. The van der Waals surface area contributed by atoms with E-state index in [4.69, 9.17) is 11.6 Å². The van der Waals surface area contributed by atoms with Gasteiger partial charge in [-0.2, -0.15) is 0 Å². The standard InChI is InChI=1S/C10H7ClFNO/c1-5(14)8-4-13-10-7(8)2-6(12)3-9(10)11/h2-4,13H,1H3. The topological polar surface area (TPSA) is 32.9 Å². The van der Waals surface area contributed by atoms with Gasteiger partial charge in [-0.05, 0) is 19.1 Å². The largest absolute Gasteiger partial charge is 0.359 e. The summed E-state index contributed by atoms with van der Waals surface area (Å²) in [4.78, 5) is 14.0. The van der Waals surface area contributed by atoms with Gasteiger partial charge in [0.15, 0.2) is 5.78 Å².